The molecule has 1 aliphatic carbocycles. The SMILES string of the molecule is Cc1ccc(CN2C(=O)c3ccccc3C2(OC[C@H]2C=C[C@@H](O)C2)c2ccc(Cl)cc2)cc1. The van der Waals surface area contributed by atoms with Crippen molar-refractivity contribution in [2.75, 3.05) is 6.61 Å². The van der Waals surface area contributed by atoms with Crippen LogP contribution in [0.15, 0.2) is 84.9 Å². The van der Waals surface area contributed by atoms with E-state index in [0.717, 1.165) is 16.7 Å². The van der Waals surface area contributed by atoms with E-state index in [2.05, 4.69) is 12.1 Å². The Labute approximate surface area is 199 Å². The van der Waals surface area contributed by atoms with Crippen LogP contribution in [0.1, 0.15) is 39.0 Å². The number of aliphatic hydroxyl groups excluding tert-OH is 1. The maximum atomic E-state index is 13.7. The third kappa shape index (κ3) is 3.99. The number of hydrogen-bond donors (Lipinski definition) is 1. The highest BCUT2D eigenvalue weighted by Crippen LogP contribution is 2.46. The fourth-order valence-corrected chi connectivity index (χ4v) is 4.91. The van der Waals surface area contributed by atoms with Crippen molar-refractivity contribution in [2.24, 2.45) is 5.92 Å². The lowest BCUT2D eigenvalue weighted by molar-refractivity contribution is -0.119. The smallest absolute Gasteiger partial charge is 0.257 e. The lowest BCUT2D eigenvalue weighted by Crippen LogP contribution is -2.47. The lowest BCUT2D eigenvalue weighted by Gasteiger charge is -2.40. The van der Waals surface area contributed by atoms with Gasteiger partial charge in [-0.05, 0) is 37.1 Å². The second kappa shape index (κ2) is 8.79. The predicted molar refractivity (Wildman–Crippen MR) is 129 cm³/mol. The molecule has 0 aromatic heterocycles. The number of carbonyl (C=O) groups excluding carboxylic acids is 1. The van der Waals surface area contributed by atoms with Crippen molar-refractivity contribution >= 4 is 17.5 Å². The highest BCUT2D eigenvalue weighted by Gasteiger charge is 2.52. The van der Waals surface area contributed by atoms with E-state index < -0.39 is 11.8 Å². The van der Waals surface area contributed by atoms with Crippen LogP contribution < -0.4 is 0 Å². The van der Waals surface area contributed by atoms with Crippen molar-refractivity contribution in [1.29, 1.82) is 0 Å². The zero-order valence-corrected chi connectivity index (χ0v) is 19.2. The van der Waals surface area contributed by atoms with E-state index in [4.69, 9.17) is 16.3 Å². The molecule has 168 valence electrons. The first-order valence-electron chi connectivity index (χ1n) is 11.2. The predicted octanol–water partition coefficient (Wildman–Crippen LogP) is 5.46. The molecular formula is C28H26ClNO3. The molecule has 4 nitrogen and oxygen atoms in total. The largest absolute Gasteiger partial charge is 0.389 e. The minimum Gasteiger partial charge on any atom is -0.389 e. The summed E-state index contributed by atoms with van der Waals surface area (Å²) in [4.78, 5) is 15.6. The second-order valence-electron chi connectivity index (χ2n) is 8.83. The Bertz CT molecular complexity index is 1190. The lowest BCUT2D eigenvalue weighted by atomic mass is 9.93. The molecule has 0 saturated heterocycles. The second-order valence-corrected chi connectivity index (χ2v) is 9.27. The van der Waals surface area contributed by atoms with E-state index in [-0.39, 0.29) is 11.8 Å². The summed E-state index contributed by atoms with van der Waals surface area (Å²) in [5.74, 6) is 0.0105. The molecule has 1 unspecified atom stereocenters. The van der Waals surface area contributed by atoms with Gasteiger partial charge in [-0.3, -0.25) is 9.69 Å². The molecule has 3 aromatic rings. The highest BCUT2D eigenvalue weighted by molar-refractivity contribution is 6.30. The van der Waals surface area contributed by atoms with Crippen molar-refractivity contribution in [1.82, 2.24) is 4.90 Å². The molecule has 2 aliphatic rings. The maximum absolute atomic E-state index is 13.7. The van der Waals surface area contributed by atoms with Crippen LogP contribution in [0.4, 0.5) is 0 Å². The summed E-state index contributed by atoms with van der Waals surface area (Å²) in [5.41, 5.74) is 3.42. The number of halogens is 1. The first kappa shape index (κ1) is 21.9. The summed E-state index contributed by atoms with van der Waals surface area (Å²) in [7, 11) is 0. The molecular weight excluding hydrogens is 434 g/mol. The Morgan fingerprint density at radius 1 is 1.03 bits per heavy atom. The topological polar surface area (TPSA) is 49.8 Å². The number of aryl methyl sites for hydroxylation is 1. The van der Waals surface area contributed by atoms with Crippen LogP contribution >= 0.6 is 11.6 Å². The van der Waals surface area contributed by atoms with Crippen LogP contribution in [0.5, 0.6) is 0 Å². The van der Waals surface area contributed by atoms with E-state index in [1.54, 1.807) is 6.08 Å². The first-order valence-corrected chi connectivity index (χ1v) is 11.6. The number of fused-ring (bicyclic) bond motifs is 1. The minimum atomic E-state index is -1.09. The van der Waals surface area contributed by atoms with E-state index in [1.165, 1.54) is 5.56 Å². The number of aliphatic hydroxyl groups is 1. The maximum Gasteiger partial charge on any atom is 0.257 e. The first-order chi connectivity index (χ1) is 16.0. The number of hydrogen-bond acceptors (Lipinski definition) is 3. The number of benzene rings is 3. The summed E-state index contributed by atoms with van der Waals surface area (Å²) in [6, 6.07) is 23.4. The molecule has 1 amide bonds. The number of nitrogens with zero attached hydrogens (tertiary/aromatic N) is 1. The molecule has 0 spiro atoms. The molecule has 1 heterocycles. The molecule has 5 rings (SSSR count). The summed E-state index contributed by atoms with van der Waals surface area (Å²) in [5, 5.41) is 10.6. The normalized spacial score (nSPS) is 23.8. The van der Waals surface area contributed by atoms with Gasteiger partial charge in [-0.1, -0.05) is 83.9 Å². The molecule has 0 fully saturated rings. The highest BCUT2D eigenvalue weighted by atomic mass is 35.5. The van der Waals surface area contributed by atoms with Crippen LogP contribution in [0, 0.1) is 12.8 Å². The van der Waals surface area contributed by atoms with Gasteiger partial charge in [0.2, 0.25) is 0 Å². The molecule has 3 atom stereocenters. The third-order valence-corrected chi connectivity index (χ3v) is 6.75. The van der Waals surface area contributed by atoms with Crippen LogP contribution in [0.25, 0.3) is 0 Å². The number of carbonyl (C=O) groups is 1. The summed E-state index contributed by atoms with van der Waals surface area (Å²) in [6.07, 6.45) is 3.96. The Balaban J connectivity index is 1.62. The Kier molecular flexibility index (Phi) is 5.83. The van der Waals surface area contributed by atoms with Gasteiger partial charge in [0.1, 0.15) is 0 Å². The average Bonchev–Trinajstić information content (AvgIpc) is 3.34. The fourth-order valence-electron chi connectivity index (χ4n) is 4.79. The fraction of sp³-hybridized carbons (Fsp3) is 0.250. The van der Waals surface area contributed by atoms with Crippen molar-refractivity contribution in [3.05, 3.63) is 118 Å². The standard InChI is InChI=1S/C28H26ClNO3/c1-19-6-8-20(9-7-19)17-30-27(32)25-4-2-3-5-26(25)28(30,22-11-13-23(29)14-12-22)33-18-21-10-15-24(31)16-21/h2-15,21,24,31H,16-18H2,1H3/t21-,24+,28?/m0/s1. The van der Waals surface area contributed by atoms with E-state index >= 15 is 0 Å². The zero-order valence-electron chi connectivity index (χ0n) is 18.4. The van der Waals surface area contributed by atoms with E-state index in [1.807, 2.05) is 78.6 Å². The van der Waals surface area contributed by atoms with E-state index in [9.17, 15) is 9.90 Å². The molecule has 0 saturated carbocycles. The number of ether oxygens (including phenoxy) is 1. The van der Waals surface area contributed by atoms with Crippen molar-refractivity contribution in [2.45, 2.75) is 31.7 Å². The van der Waals surface area contributed by atoms with Crippen LogP contribution in [-0.4, -0.2) is 28.6 Å². The third-order valence-electron chi connectivity index (χ3n) is 6.50. The van der Waals surface area contributed by atoms with Crippen molar-refractivity contribution in [3.8, 4) is 0 Å². The molecule has 1 aliphatic heterocycles. The summed E-state index contributed by atoms with van der Waals surface area (Å²) >= 11 is 6.21. The molecule has 3 aromatic carbocycles. The van der Waals surface area contributed by atoms with Crippen LogP contribution in [0.2, 0.25) is 5.02 Å². The monoisotopic (exact) mass is 459 g/mol. The molecule has 0 bridgehead atoms. The Hall–Kier alpha value is -2.92. The van der Waals surface area contributed by atoms with Gasteiger partial charge in [0.15, 0.2) is 5.72 Å². The van der Waals surface area contributed by atoms with Gasteiger partial charge in [-0.25, -0.2) is 0 Å². The van der Waals surface area contributed by atoms with E-state index in [0.29, 0.717) is 30.2 Å². The molecule has 33 heavy (non-hydrogen) atoms. The van der Waals surface area contributed by atoms with Crippen molar-refractivity contribution < 1.29 is 14.6 Å². The van der Waals surface area contributed by atoms with Gasteiger partial charge < -0.3 is 9.84 Å². The van der Waals surface area contributed by atoms with Gasteiger partial charge in [0, 0.05) is 34.2 Å². The molecule has 1 N–H and O–H groups in total. The number of amides is 1. The van der Waals surface area contributed by atoms with Gasteiger partial charge >= 0.3 is 0 Å². The average molecular weight is 460 g/mol. The zero-order chi connectivity index (χ0) is 23.0. The van der Waals surface area contributed by atoms with Crippen molar-refractivity contribution in [3.63, 3.8) is 0 Å². The Morgan fingerprint density at radius 3 is 2.45 bits per heavy atom. The van der Waals surface area contributed by atoms with Gasteiger partial charge in [-0.15, -0.1) is 0 Å². The van der Waals surface area contributed by atoms with Gasteiger partial charge in [-0.2, -0.15) is 0 Å². The molecule has 0 radical (unpaired) electrons. The summed E-state index contributed by atoms with van der Waals surface area (Å²) in [6.45, 7) is 2.83. The Morgan fingerprint density at radius 2 is 1.76 bits per heavy atom. The number of rotatable bonds is 6. The van der Waals surface area contributed by atoms with Crippen LogP contribution in [0.3, 0.4) is 0 Å². The molecule has 5 heteroatoms. The summed E-state index contributed by atoms with van der Waals surface area (Å²) < 4.78 is 6.75. The van der Waals surface area contributed by atoms with Gasteiger partial charge in [0.25, 0.3) is 5.91 Å². The van der Waals surface area contributed by atoms with Gasteiger partial charge in [0.05, 0.1) is 12.7 Å². The minimum absolute atomic E-state index is 0.0666. The van der Waals surface area contributed by atoms with Crippen LogP contribution in [-0.2, 0) is 17.0 Å². The quantitative estimate of drug-likeness (QED) is 0.498.